The van der Waals surface area contributed by atoms with Gasteiger partial charge in [0.25, 0.3) is 6.10 Å². The van der Waals surface area contributed by atoms with Gasteiger partial charge in [-0.3, -0.25) is 0 Å². The Labute approximate surface area is 75.6 Å². The molecule has 76 valence electrons. The Morgan fingerprint density at radius 1 is 1.31 bits per heavy atom. The summed E-state index contributed by atoms with van der Waals surface area (Å²) in [5.74, 6) is 2.14. The first-order chi connectivity index (χ1) is 5.78. The van der Waals surface area contributed by atoms with Crippen LogP contribution in [0.3, 0.4) is 0 Å². The molecule has 0 fully saturated rings. The predicted molar refractivity (Wildman–Crippen MR) is 42.1 cm³/mol. The number of rotatable bonds is 2. The van der Waals surface area contributed by atoms with Crippen LogP contribution in [0.5, 0.6) is 0 Å². The van der Waals surface area contributed by atoms with E-state index in [0.717, 1.165) is 0 Å². The van der Waals surface area contributed by atoms with E-state index < -0.39 is 23.6 Å². The van der Waals surface area contributed by atoms with Crippen molar-refractivity contribution in [3.8, 4) is 0 Å². The second-order valence-electron chi connectivity index (χ2n) is 3.37. The number of hydrogen-bond acceptors (Lipinski definition) is 6. The Hall–Kier alpha value is -1.14. The maximum atomic E-state index is 10.9. The number of carbonyl (C=O) groups excluding carboxylic acids is 2. The van der Waals surface area contributed by atoms with Crippen molar-refractivity contribution in [2.45, 2.75) is 32.5 Å². The van der Waals surface area contributed by atoms with Crippen LogP contribution in [0.15, 0.2) is 0 Å². The predicted octanol–water partition coefficient (Wildman–Crippen LogP) is -0.894. The first kappa shape index (κ1) is 11.9. The fraction of sp³-hybridized carbons (Fsp3) is 0.714. The third-order valence-electron chi connectivity index (χ3n) is 0.969. The quantitative estimate of drug-likeness (QED) is 0.333. The average Bonchev–Trinajstić information content (AvgIpc) is 1.98. The molecule has 0 aromatic rings. The molecule has 0 aromatic carbocycles. The first-order valence-electron chi connectivity index (χ1n) is 3.59. The maximum absolute atomic E-state index is 10.9. The van der Waals surface area contributed by atoms with Gasteiger partial charge in [0.05, 0.1) is 0 Å². The number of aliphatic hydroxyl groups excluding tert-OH is 1. The maximum Gasteiger partial charge on any atom is 0.365 e. The molecule has 1 unspecified atom stereocenters. The van der Waals surface area contributed by atoms with Gasteiger partial charge in [0.15, 0.2) is 0 Å². The van der Waals surface area contributed by atoms with Crippen LogP contribution < -0.4 is 5.90 Å². The fourth-order valence-electron chi connectivity index (χ4n) is 0.518. The summed E-state index contributed by atoms with van der Waals surface area (Å²) in [5.41, 5.74) is -0.771. The van der Waals surface area contributed by atoms with Gasteiger partial charge in [-0.1, -0.05) is 0 Å². The molecule has 0 spiro atoms. The molecule has 0 saturated carbocycles. The number of aliphatic hydroxyl groups is 1. The zero-order chi connectivity index (χ0) is 10.6. The topological polar surface area (TPSA) is 98.8 Å². The van der Waals surface area contributed by atoms with Gasteiger partial charge in [-0.25, -0.2) is 9.59 Å². The largest absolute Gasteiger partial charge is 0.458 e. The van der Waals surface area contributed by atoms with Gasteiger partial charge < -0.3 is 14.7 Å². The van der Waals surface area contributed by atoms with E-state index in [-0.39, 0.29) is 0 Å². The summed E-state index contributed by atoms with van der Waals surface area (Å²) in [5, 5.41) is 8.92. The van der Waals surface area contributed by atoms with Crippen molar-refractivity contribution in [1.82, 2.24) is 0 Å². The van der Waals surface area contributed by atoms with E-state index in [1.165, 1.54) is 0 Å². The van der Waals surface area contributed by atoms with Crippen LogP contribution in [0, 0.1) is 0 Å². The minimum atomic E-state index is -1.98. The Bertz CT molecular complexity index is 207. The van der Waals surface area contributed by atoms with Crippen molar-refractivity contribution in [3.05, 3.63) is 0 Å². The summed E-state index contributed by atoms with van der Waals surface area (Å²) in [4.78, 5) is 25.1. The lowest BCUT2D eigenvalue weighted by Gasteiger charge is -2.20. The van der Waals surface area contributed by atoms with E-state index in [2.05, 4.69) is 15.5 Å². The van der Waals surface area contributed by atoms with E-state index in [1.54, 1.807) is 20.8 Å². The molecule has 0 aliphatic rings. The number of ether oxygens (including phenoxy) is 1. The second-order valence-corrected chi connectivity index (χ2v) is 3.37. The SMILES string of the molecule is CC(C)(C)OC(=O)C(O)C(=O)ON. The molecule has 0 saturated heterocycles. The second kappa shape index (κ2) is 4.20. The highest BCUT2D eigenvalue weighted by Crippen LogP contribution is 2.08. The summed E-state index contributed by atoms with van der Waals surface area (Å²) >= 11 is 0. The lowest BCUT2D eigenvalue weighted by molar-refractivity contribution is -0.176. The summed E-state index contributed by atoms with van der Waals surface area (Å²) in [6.07, 6.45) is -1.98. The van der Waals surface area contributed by atoms with Gasteiger partial charge in [-0.2, -0.15) is 5.90 Å². The highest BCUT2D eigenvalue weighted by atomic mass is 16.7. The van der Waals surface area contributed by atoms with Crippen molar-refractivity contribution in [3.63, 3.8) is 0 Å². The normalized spacial score (nSPS) is 13.3. The molecular formula is C7H13NO5. The number of nitrogens with two attached hydrogens (primary N) is 1. The number of esters is 1. The lowest BCUT2D eigenvalue weighted by atomic mass is 10.2. The Kier molecular flexibility index (Phi) is 3.83. The molecule has 0 aliphatic carbocycles. The molecule has 0 aliphatic heterocycles. The van der Waals surface area contributed by atoms with Crippen molar-refractivity contribution in [2.75, 3.05) is 0 Å². The van der Waals surface area contributed by atoms with Crippen LogP contribution in [0.2, 0.25) is 0 Å². The summed E-state index contributed by atoms with van der Waals surface area (Å²) < 4.78 is 4.68. The third-order valence-corrected chi connectivity index (χ3v) is 0.969. The van der Waals surface area contributed by atoms with Crippen LogP contribution >= 0.6 is 0 Å². The van der Waals surface area contributed by atoms with Gasteiger partial charge in [-0.05, 0) is 20.8 Å². The van der Waals surface area contributed by atoms with Crippen molar-refractivity contribution >= 4 is 11.9 Å². The molecule has 6 nitrogen and oxygen atoms in total. The highest BCUT2D eigenvalue weighted by molar-refractivity contribution is 5.97. The lowest BCUT2D eigenvalue weighted by Crippen LogP contribution is -2.38. The zero-order valence-electron chi connectivity index (χ0n) is 7.73. The van der Waals surface area contributed by atoms with E-state index in [1.807, 2.05) is 0 Å². The number of carbonyl (C=O) groups is 2. The molecule has 1 atom stereocenters. The van der Waals surface area contributed by atoms with Crippen LogP contribution in [-0.4, -0.2) is 28.8 Å². The van der Waals surface area contributed by atoms with E-state index in [0.29, 0.717) is 0 Å². The molecule has 13 heavy (non-hydrogen) atoms. The molecule has 0 radical (unpaired) electrons. The van der Waals surface area contributed by atoms with Crippen LogP contribution in [0.1, 0.15) is 20.8 Å². The van der Waals surface area contributed by atoms with E-state index >= 15 is 0 Å². The van der Waals surface area contributed by atoms with Crippen molar-refractivity contribution in [1.29, 1.82) is 0 Å². The fourth-order valence-corrected chi connectivity index (χ4v) is 0.518. The van der Waals surface area contributed by atoms with E-state index in [9.17, 15) is 9.59 Å². The van der Waals surface area contributed by atoms with Crippen molar-refractivity contribution < 1.29 is 24.3 Å². The smallest absolute Gasteiger partial charge is 0.365 e. The van der Waals surface area contributed by atoms with Gasteiger partial charge in [0.2, 0.25) is 0 Å². The monoisotopic (exact) mass is 191 g/mol. The molecule has 0 rings (SSSR count). The molecular weight excluding hydrogens is 178 g/mol. The van der Waals surface area contributed by atoms with Crippen molar-refractivity contribution in [2.24, 2.45) is 5.90 Å². The molecule has 0 amide bonds. The average molecular weight is 191 g/mol. The molecule has 6 heteroatoms. The van der Waals surface area contributed by atoms with Gasteiger partial charge in [0, 0.05) is 0 Å². The van der Waals surface area contributed by atoms with Gasteiger partial charge in [0.1, 0.15) is 5.60 Å². The molecule has 0 bridgehead atoms. The molecule has 0 heterocycles. The minimum absolute atomic E-state index is 0.771. The van der Waals surface area contributed by atoms with Crippen LogP contribution in [0.4, 0.5) is 0 Å². The molecule has 0 aromatic heterocycles. The van der Waals surface area contributed by atoms with E-state index in [4.69, 9.17) is 5.11 Å². The third kappa shape index (κ3) is 4.44. The van der Waals surface area contributed by atoms with Gasteiger partial charge >= 0.3 is 11.9 Å². The summed E-state index contributed by atoms with van der Waals surface area (Å²) in [6.45, 7) is 4.81. The van der Waals surface area contributed by atoms with Gasteiger partial charge in [-0.15, -0.1) is 0 Å². The first-order valence-corrected chi connectivity index (χ1v) is 3.59. The minimum Gasteiger partial charge on any atom is -0.458 e. The summed E-state index contributed by atoms with van der Waals surface area (Å²) in [6, 6.07) is 0. The standard InChI is InChI=1S/C7H13NO5/c1-7(2,3)12-5(10)4(9)6(11)13-8/h4,9H,8H2,1-3H3. The van der Waals surface area contributed by atoms with Crippen LogP contribution in [0.25, 0.3) is 0 Å². The highest BCUT2D eigenvalue weighted by Gasteiger charge is 2.30. The number of hydrogen-bond donors (Lipinski definition) is 2. The zero-order valence-corrected chi connectivity index (χ0v) is 7.73. The van der Waals surface area contributed by atoms with Crippen LogP contribution in [-0.2, 0) is 19.2 Å². The Balaban J connectivity index is 4.20. The summed E-state index contributed by atoms with van der Waals surface area (Å²) in [7, 11) is 0. The molecule has 3 N–H and O–H groups in total. The Morgan fingerprint density at radius 3 is 2.08 bits per heavy atom. The Morgan fingerprint density at radius 2 is 1.77 bits per heavy atom.